The SMILES string of the molecule is CCOc1ccccc1-c1noc(-c2cn[nH]c2C#N)n1. The largest absolute Gasteiger partial charge is 0.493 e. The van der Waals surface area contributed by atoms with Crippen LogP contribution in [0.15, 0.2) is 35.0 Å². The van der Waals surface area contributed by atoms with Crippen molar-refractivity contribution >= 4 is 0 Å². The summed E-state index contributed by atoms with van der Waals surface area (Å²) >= 11 is 0. The molecule has 0 aliphatic rings. The van der Waals surface area contributed by atoms with Gasteiger partial charge in [0.1, 0.15) is 17.5 Å². The number of benzene rings is 1. The van der Waals surface area contributed by atoms with E-state index in [0.717, 1.165) is 5.56 Å². The molecule has 7 nitrogen and oxygen atoms in total. The second-order valence-electron chi connectivity index (χ2n) is 4.12. The Morgan fingerprint density at radius 3 is 3.00 bits per heavy atom. The number of H-pyrrole nitrogens is 1. The van der Waals surface area contributed by atoms with E-state index in [1.165, 1.54) is 6.20 Å². The third-order valence-electron chi connectivity index (χ3n) is 2.84. The zero-order valence-electron chi connectivity index (χ0n) is 11.2. The molecule has 0 fully saturated rings. The predicted molar refractivity (Wildman–Crippen MR) is 73.2 cm³/mol. The number of nitriles is 1. The average molecular weight is 281 g/mol. The smallest absolute Gasteiger partial charge is 0.262 e. The summed E-state index contributed by atoms with van der Waals surface area (Å²) in [5.41, 5.74) is 1.49. The molecule has 2 aromatic heterocycles. The second kappa shape index (κ2) is 5.46. The van der Waals surface area contributed by atoms with E-state index in [0.29, 0.717) is 23.7 Å². The van der Waals surface area contributed by atoms with Gasteiger partial charge in [-0.3, -0.25) is 5.10 Å². The first-order valence-corrected chi connectivity index (χ1v) is 6.33. The molecule has 7 heteroatoms. The van der Waals surface area contributed by atoms with Crippen molar-refractivity contribution in [1.29, 1.82) is 5.26 Å². The summed E-state index contributed by atoms with van der Waals surface area (Å²) in [6.45, 7) is 2.45. The molecule has 0 spiro atoms. The van der Waals surface area contributed by atoms with Gasteiger partial charge in [-0.1, -0.05) is 17.3 Å². The first-order chi connectivity index (χ1) is 10.3. The zero-order chi connectivity index (χ0) is 14.7. The Hall–Kier alpha value is -3.14. The minimum Gasteiger partial charge on any atom is -0.493 e. The molecule has 3 rings (SSSR count). The molecule has 0 unspecified atom stereocenters. The Bertz CT molecular complexity index is 800. The van der Waals surface area contributed by atoms with Crippen molar-refractivity contribution in [3.8, 4) is 34.7 Å². The molecule has 0 amide bonds. The van der Waals surface area contributed by atoms with Crippen LogP contribution in [0.2, 0.25) is 0 Å². The fraction of sp³-hybridized carbons (Fsp3) is 0.143. The Morgan fingerprint density at radius 2 is 2.19 bits per heavy atom. The molecule has 0 aliphatic carbocycles. The standard InChI is InChI=1S/C14H11N5O2/c1-2-20-12-6-4-3-5-9(12)13-17-14(21-19-13)10-8-16-18-11(10)7-15/h3-6,8H,2H2,1H3,(H,16,18). The van der Waals surface area contributed by atoms with E-state index >= 15 is 0 Å². The molecule has 3 aromatic rings. The third kappa shape index (κ3) is 2.34. The molecular formula is C14H11N5O2. The molecule has 0 aliphatic heterocycles. The van der Waals surface area contributed by atoms with Crippen molar-refractivity contribution in [2.24, 2.45) is 0 Å². The maximum atomic E-state index is 8.98. The van der Waals surface area contributed by atoms with E-state index in [1.54, 1.807) is 0 Å². The summed E-state index contributed by atoms with van der Waals surface area (Å²) in [5.74, 6) is 1.32. The van der Waals surface area contributed by atoms with Crippen molar-refractivity contribution in [2.45, 2.75) is 6.92 Å². The van der Waals surface area contributed by atoms with Gasteiger partial charge in [0.15, 0.2) is 0 Å². The van der Waals surface area contributed by atoms with Crippen LogP contribution >= 0.6 is 0 Å². The molecule has 2 heterocycles. The molecule has 1 N–H and O–H groups in total. The lowest BCUT2D eigenvalue weighted by Crippen LogP contribution is -1.94. The van der Waals surface area contributed by atoms with E-state index in [-0.39, 0.29) is 11.6 Å². The van der Waals surface area contributed by atoms with Gasteiger partial charge in [0.25, 0.3) is 5.89 Å². The van der Waals surface area contributed by atoms with Gasteiger partial charge in [-0.05, 0) is 19.1 Å². The van der Waals surface area contributed by atoms with E-state index < -0.39 is 0 Å². The summed E-state index contributed by atoms with van der Waals surface area (Å²) in [7, 11) is 0. The van der Waals surface area contributed by atoms with Crippen LogP contribution in [0.5, 0.6) is 5.75 Å². The highest BCUT2D eigenvalue weighted by molar-refractivity contribution is 5.67. The molecule has 21 heavy (non-hydrogen) atoms. The number of ether oxygens (including phenoxy) is 1. The third-order valence-corrected chi connectivity index (χ3v) is 2.84. The Kier molecular flexibility index (Phi) is 3.35. The Balaban J connectivity index is 2.02. The molecule has 1 aromatic carbocycles. The van der Waals surface area contributed by atoms with Crippen LogP contribution < -0.4 is 4.74 Å². The number of para-hydroxylation sites is 1. The average Bonchev–Trinajstić information content (AvgIpc) is 3.16. The lowest BCUT2D eigenvalue weighted by Gasteiger charge is -2.05. The van der Waals surface area contributed by atoms with Crippen molar-refractivity contribution in [1.82, 2.24) is 20.3 Å². The first-order valence-electron chi connectivity index (χ1n) is 6.33. The summed E-state index contributed by atoms with van der Waals surface area (Å²) in [4.78, 5) is 4.31. The number of hydrogen-bond acceptors (Lipinski definition) is 6. The summed E-state index contributed by atoms with van der Waals surface area (Å²) < 4.78 is 10.8. The fourth-order valence-electron chi connectivity index (χ4n) is 1.91. The number of aromatic nitrogens is 4. The minimum atomic E-state index is 0.238. The summed E-state index contributed by atoms with van der Waals surface area (Å²) in [6, 6.07) is 9.41. The number of nitrogens with zero attached hydrogens (tertiary/aromatic N) is 4. The normalized spacial score (nSPS) is 10.3. The van der Waals surface area contributed by atoms with Crippen LogP contribution in [-0.4, -0.2) is 26.9 Å². The number of rotatable bonds is 4. The molecule has 0 radical (unpaired) electrons. The van der Waals surface area contributed by atoms with Gasteiger partial charge in [0, 0.05) is 0 Å². The van der Waals surface area contributed by atoms with Crippen molar-refractivity contribution in [2.75, 3.05) is 6.61 Å². The maximum absolute atomic E-state index is 8.98. The fourth-order valence-corrected chi connectivity index (χ4v) is 1.91. The molecular weight excluding hydrogens is 270 g/mol. The second-order valence-corrected chi connectivity index (χ2v) is 4.12. The molecule has 0 saturated carbocycles. The number of hydrogen-bond donors (Lipinski definition) is 1. The lowest BCUT2D eigenvalue weighted by molar-refractivity contribution is 0.341. The quantitative estimate of drug-likeness (QED) is 0.788. The summed E-state index contributed by atoms with van der Waals surface area (Å²) in [5, 5.41) is 19.3. The van der Waals surface area contributed by atoms with Gasteiger partial charge in [0.2, 0.25) is 5.82 Å². The van der Waals surface area contributed by atoms with Gasteiger partial charge in [0.05, 0.1) is 23.9 Å². The number of aromatic amines is 1. The molecule has 0 bridgehead atoms. The van der Waals surface area contributed by atoms with Gasteiger partial charge in [-0.2, -0.15) is 15.3 Å². The molecule has 0 atom stereocenters. The highest BCUT2D eigenvalue weighted by Crippen LogP contribution is 2.29. The number of nitrogens with one attached hydrogen (secondary N) is 1. The van der Waals surface area contributed by atoms with Gasteiger partial charge in [-0.15, -0.1) is 0 Å². The molecule has 0 saturated heterocycles. The monoisotopic (exact) mass is 281 g/mol. The lowest BCUT2D eigenvalue weighted by atomic mass is 10.2. The maximum Gasteiger partial charge on any atom is 0.262 e. The first kappa shape index (κ1) is 12.9. The summed E-state index contributed by atoms with van der Waals surface area (Å²) in [6.07, 6.45) is 1.48. The van der Waals surface area contributed by atoms with E-state index in [1.807, 2.05) is 37.3 Å². The Morgan fingerprint density at radius 1 is 1.33 bits per heavy atom. The van der Waals surface area contributed by atoms with Crippen LogP contribution in [0.4, 0.5) is 0 Å². The van der Waals surface area contributed by atoms with Gasteiger partial charge < -0.3 is 9.26 Å². The zero-order valence-corrected chi connectivity index (χ0v) is 11.2. The van der Waals surface area contributed by atoms with Crippen LogP contribution in [-0.2, 0) is 0 Å². The predicted octanol–water partition coefficient (Wildman–Crippen LogP) is 2.40. The van der Waals surface area contributed by atoms with Gasteiger partial charge >= 0.3 is 0 Å². The minimum absolute atomic E-state index is 0.238. The van der Waals surface area contributed by atoms with Crippen LogP contribution in [0.25, 0.3) is 22.8 Å². The molecule has 104 valence electrons. The van der Waals surface area contributed by atoms with Crippen molar-refractivity contribution in [3.05, 3.63) is 36.2 Å². The highest BCUT2D eigenvalue weighted by Gasteiger charge is 2.17. The van der Waals surface area contributed by atoms with Gasteiger partial charge in [-0.25, -0.2) is 0 Å². The highest BCUT2D eigenvalue weighted by atomic mass is 16.5. The van der Waals surface area contributed by atoms with Crippen LogP contribution in [0, 0.1) is 11.3 Å². The van der Waals surface area contributed by atoms with Crippen LogP contribution in [0.1, 0.15) is 12.6 Å². The van der Waals surface area contributed by atoms with Crippen molar-refractivity contribution < 1.29 is 9.26 Å². The van der Waals surface area contributed by atoms with E-state index in [4.69, 9.17) is 14.5 Å². The van der Waals surface area contributed by atoms with Crippen LogP contribution in [0.3, 0.4) is 0 Å². The van der Waals surface area contributed by atoms with Crippen molar-refractivity contribution in [3.63, 3.8) is 0 Å². The topological polar surface area (TPSA) is 101 Å². The van der Waals surface area contributed by atoms with E-state index in [9.17, 15) is 0 Å². The van der Waals surface area contributed by atoms with E-state index in [2.05, 4.69) is 20.3 Å². The Labute approximate surface area is 120 Å².